The van der Waals surface area contributed by atoms with E-state index in [2.05, 4.69) is 5.32 Å². The first kappa shape index (κ1) is 16.9. The minimum absolute atomic E-state index is 0.236. The molecule has 2 aromatic carbocycles. The van der Waals surface area contributed by atoms with E-state index in [-0.39, 0.29) is 17.3 Å². The molecular formula is C19H23NO3. The Bertz CT molecular complexity index is 672. The average Bonchev–Trinajstić information content (AvgIpc) is 2.52. The second-order valence-corrected chi connectivity index (χ2v) is 6.57. The summed E-state index contributed by atoms with van der Waals surface area (Å²) in [6, 6.07) is 15.0. The van der Waals surface area contributed by atoms with Crippen molar-refractivity contribution >= 4 is 6.09 Å². The lowest BCUT2D eigenvalue weighted by Gasteiger charge is -2.30. The van der Waals surface area contributed by atoms with Crippen molar-refractivity contribution in [3.05, 3.63) is 54.1 Å². The molecule has 0 bridgehead atoms. The van der Waals surface area contributed by atoms with Crippen molar-refractivity contribution in [1.29, 1.82) is 0 Å². The Hall–Kier alpha value is -2.49. The Morgan fingerprint density at radius 2 is 1.74 bits per heavy atom. The van der Waals surface area contributed by atoms with Crippen LogP contribution >= 0.6 is 0 Å². The van der Waals surface area contributed by atoms with E-state index in [4.69, 9.17) is 4.74 Å². The van der Waals surface area contributed by atoms with Crippen LogP contribution in [0.2, 0.25) is 0 Å². The zero-order valence-corrected chi connectivity index (χ0v) is 14.0. The number of alkyl carbamates (subject to hydrolysis) is 1. The molecule has 0 radical (unpaired) electrons. The largest absolute Gasteiger partial charge is 0.508 e. The lowest BCUT2D eigenvalue weighted by molar-refractivity contribution is 0.0314. The molecule has 0 fully saturated rings. The van der Waals surface area contributed by atoms with Crippen molar-refractivity contribution in [2.45, 2.75) is 26.9 Å². The molecule has 0 aliphatic carbocycles. The van der Waals surface area contributed by atoms with Crippen molar-refractivity contribution in [1.82, 2.24) is 5.32 Å². The summed E-state index contributed by atoms with van der Waals surface area (Å²) in [6.45, 7) is 6.11. The molecule has 2 aromatic rings. The van der Waals surface area contributed by atoms with Crippen molar-refractivity contribution in [2.24, 2.45) is 5.41 Å². The van der Waals surface area contributed by atoms with E-state index in [1.165, 1.54) is 0 Å². The van der Waals surface area contributed by atoms with E-state index in [9.17, 15) is 9.90 Å². The van der Waals surface area contributed by atoms with E-state index in [0.29, 0.717) is 0 Å². The number of phenols is 1. The molecule has 1 atom stereocenters. The van der Waals surface area contributed by atoms with E-state index in [1.807, 2.05) is 57.2 Å². The Balaban J connectivity index is 2.39. The molecule has 0 aromatic heterocycles. The summed E-state index contributed by atoms with van der Waals surface area (Å²) >= 11 is 0. The molecule has 0 aliphatic heterocycles. The van der Waals surface area contributed by atoms with Gasteiger partial charge in [0.25, 0.3) is 0 Å². The van der Waals surface area contributed by atoms with Gasteiger partial charge in [-0.15, -0.1) is 0 Å². The van der Waals surface area contributed by atoms with Gasteiger partial charge in [0.15, 0.2) is 0 Å². The molecule has 4 nitrogen and oxygen atoms in total. The molecule has 2 N–H and O–H groups in total. The smallest absolute Gasteiger partial charge is 0.407 e. The maximum atomic E-state index is 11.7. The topological polar surface area (TPSA) is 58.6 Å². The molecule has 0 heterocycles. The van der Waals surface area contributed by atoms with Crippen LogP contribution in [0.1, 0.15) is 32.4 Å². The highest BCUT2D eigenvalue weighted by Crippen LogP contribution is 2.37. The number of amides is 1. The third-order valence-electron chi connectivity index (χ3n) is 3.61. The van der Waals surface area contributed by atoms with Gasteiger partial charge in [0, 0.05) is 12.5 Å². The van der Waals surface area contributed by atoms with Crippen LogP contribution in [-0.4, -0.2) is 18.2 Å². The average molecular weight is 313 g/mol. The minimum Gasteiger partial charge on any atom is -0.508 e. The van der Waals surface area contributed by atoms with Gasteiger partial charge in [0.2, 0.25) is 0 Å². The lowest BCUT2D eigenvalue weighted by Crippen LogP contribution is -2.28. The SMILES string of the molecule is CNC(=O)OC(c1cccc(-c2ccc(O)cc2)c1)C(C)(C)C. The van der Waals surface area contributed by atoms with Gasteiger partial charge in [0.05, 0.1) is 0 Å². The number of phenolic OH excluding ortho intramolecular Hbond substituents is 1. The van der Waals surface area contributed by atoms with Gasteiger partial charge < -0.3 is 15.2 Å². The number of hydrogen-bond donors (Lipinski definition) is 2. The van der Waals surface area contributed by atoms with E-state index in [1.54, 1.807) is 19.2 Å². The van der Waals surface area contributed by atoms with Crippen LogP contribution in [0.15, 0.2) is 48.5 Å². The van der Waals surface area contributed by atoms with Gasteiger partial charge in [-0.05, 0) is 34.9 Å². The van der Waals surface area contributed by atoms with Gasteiger partial charge >= 0.3 is 6.09 Å². The third kappa shape index (κ3) is 4.25. The summed E-state index contributed by atoms with van der Waals surface area (Å²) in [5.74, 6) is 0.237. The first-order chi connectivity index (χ1) is 10.8. The molecule has 4 heteroatoms. The maximum absolute atomic E-state index is 11.7. The number of carbonyl (C=O) groups is 1. The normalized spacial score (nSPS) is 12.5. The first-order valence-corrected chi connectivity index (χ1v) is 7.59. The number of rotatable bonds is 3. The van der Waals surface area contributed by atoms with Crippen LogP contribution in [0.5, 0.6) is 5.75 Å². The van der Waals surface area contributed by atoms with Crippen LogP contribution in [0, 0.1) is 5.41 Å². The van der Waals surface area contributed by atoms with Crippen LogP contribution in [0.3, 0.4) is 0 Å². The zero-order chi connectivity index (χ0) is 17.0. The molecular weight excluding hydrogens is 290 g/mol. The molecule has 1 unspecified atom stereocenters. The van der Waals surface area contributed by atoms with E-state index < -0.39 is 6.09 Å². The quantitative estimate of drug-likeness (QED) is 0.877. The lowest BCUT2D eigenvalue weighted by atomic mass is 9.84. The highest BCUT2D eigenvalue weighted by molar-refractivity contribution is 5.68. The molecule has 122 valence electrons. The minimum atomic E-state index is -0.444. The molecule has 23 heavy (non-hydrogen) atoms. The number of carbonyl (C=O) groups excluding carboxylic acids is 1. The predicted molar refractivity (Wildman–Crippen MR) is 91.3 cm³/mol. The van der Waals surface area contributed by atoms with E-state index in [0.717, 1.165) is 16.7 Å². The summed E-state index contributed by atoms with van der Waals surface area (Å²) in [6.07, 6.45) is -0.806. The summed E-state index contributed by atoms with van der Waals surface area (Å²) in [4.78, 5) is 11.7. The van der Waals surface area contributed by atoms with Crippen molar-refractivity contribution in [3.63, 3.8) is 0 Å². The monoisotopic (exact) mass is 313 g/mol. The third-order valence-corrected chi connectivity index (χ3v) is 3.61. The Morgan fingerprint density at radius 3 is 2.30 bits per heavy atom. The Labute approximate surface area is 137 Å². The molecule has 0 spiro atoms. The highest BCUT2D eigenvalue weighted by atomic mass is 16.6. The molecule has 2 rings (SSSR count). The number of ether oxygens (including phenoxy) is 1. The van der Waals surface area contributed by atoms with Crippen LogP contribution in [0.4, 0.5) is 4.79 Å². The van der Waals surface area contributed by atoms with Crippen LogP contribution in [-0.2, 0) is 4.74 Å². The molecule has 0 saturated carbocycles. The standard InChI is InChI=1S/C19H23NO3/c1-19(2,3)17(23-18(22)20-4)15-7-5-6-14(12-15)13-8-10-16(21)11-9-13/h5-12,17,21H,1-4H3,(H,20,22). The second-order valence-electron chi connectivity index (χ2n) is 6.57. The molecule has 1 amide bonds. The van der Waals surface area contributed by atoms with Gasteiger partial charge in [-0.25, -0.2) is 4.79 Å². The summed E-state index contributed by atoms with van der Waals surface area (Å²) in [5, 5.41) is 11.9. The summed E-state index contributed by atoms with van der Waals surface area (Å²) in [5.41, 5.74) is 2.71. The zero-order valence-electron chi connectivity index (χ0n) is 14.0. The highest BCUT2D eigenvalue weighted by Gasteiger charge is 2.30. The first-order valence-electron chi connectivity index (χ1n) is 7.59. The van der Waals surface area contributed by atoms with Gasteiger partial charge in [-0.1, -0.05) is 51.1 Å². The predicted octanol–water partition coefficient (Wildman–Crippen LogP) is 4.50. The van der Waals surface area contributed by atoms with Crippen molar-refractivity contribution in [3.8, 4) is 16.9 Å². The number of aromatic hydroxyl groups is 1. The maximum Gasteiger partial charge on any atom is 0.407 e. The fourth-order valence-electron chi connectivity index (χ4n) is 2.45. The van der Waals surface area contributed by atoms with Gasteiger partial charge in [0.1, 0.15) is 11.9 Å². The second kappa shape index (κ2) is 6.73. The molecule has 0 saturated heterocycles. The van der Waals surface area contributed by atoms with Crippen molar-refractivity contribution < 1.29 is 14.6 Å². The summed E-state index contributed by atoms with van der Waals surface area (Å²) in [7, 11) is 1.55. The number of hydrogen-bond acceptors (Lipinski definition) is 3. The molecule has 0 aliphatic rings. The van der Waals surface area contributed by atoms with Gasteiger partial charge in [-0.2, -0.15) is 0 Å². The van der Waals surface area contributed by atoms with Crippen LogP contribution < -0.4 is 5.32 Å². The fourth-order valence-corrected chi connectivity index (χ4v) is 2.45. The number of nitrogens with one attached hydrogen (secondary N) is 1. The fraction of sp³-hybridized carbons (Fsp3) is 0.316. The number of benzene rings is 2. The summed E-state index contributed by atoms with van der Waals surface area (Å²) < 4.78 is 5.57. The van der Waals surface area contributed by atoms with Gasteiger partial charge in [-0.3, -0.25) is 0 Å². The van der Waals surface area contributed by atoms with Crippen molar-refractivity contribution in [2.75, 3.05) is 7.05 Å². The Morgan fingerprint density at radius 1 is 1.09 bits per heavy atom. The van der Waals surface area contributed by atoms with Crippen LogP contribution in [0.25, 0.3) is 11.1 Å². The van der Waals surface area contributed by atoms with E-state index >= 15 is 0 Å². The Kier molecular flexibility index (Phi) is 4.94.